The smallest absolute Gasteiger partial charge is 0.151 e. The zero-order valence-corrected chi connectivity index (χ0v) is 14.5. The van der Waals surface area contributed by atoms with Gasteiger partial charge in [-0.05, 0) is 18.2 Å². The van der Waals surface area contributed by atoms with E-state index >= 15 is 0 Å². The maximum Gasteiger partial charge on any atom is 0.151 e. The number of hydrogen-bond acceptors (Lipinski definition) is 8. The summed E-state index contributed by atoms with van der Waals surface area (Å²) in [4.78, 5) is 16.8. The van der Waals surface area contributed by atoms with Gasteiger partial charge in [0, 0.05) is 12.3 Å². The third kappa shape index (κ3) is 3.19. The third-order valence-corrected chi connectivity index (χ3v) is 4.88. The van der Waals surface area contributed by atoms with Gasteiger partial charge in [0.25, 0.3) is 0 Å². The first-order valence-electron chi connectivity index (χ1n) is 7.83. The first-order chi connectivity index (χ1) is 13.2. The van der Waals surface area contributed by atoms with Crippen molar-refractivity contribution in [3.63, 3.8) is 0 Å². The summed E-state index contributed by atoms with van der Waals surface area (Å²) in [5.74, 6) is 0.459. The highest BCUT2D eigenvalue weighted by atomic mass is 32.1. The van der Waals surface area contributed by atoms with Crippen LogP contribution in [0.2, 0.25) is 0 Å². The van der Waals surface area contributed by atoms with Gasteiger partial charge in [0.2, 0.25) is 0 Å². The van der Waals surface area contributed by atoms with E-state index in [1.807, 2.05) is 6.07 Å². The van der Waals surface area contributed by atoms with Crippen molar-refractivity contribution in [2.75, 3.05) is 5.32 Å². The van der Waals surface area contributed by atoms with Crippen molar-refractivity contribution in [3.05, 3.63) is 59.9 Å². The van der Waals surface area contributed by atoms with Crippen molar-refractivity contribution < 1.29 is 9.50 Å². The van der Waals surface area contributed by atoms with Crippen LogP contribution in [0.1, 0.15) is 11.3 Å². The van der Waals surface area contributed by atoms with Crippen LogP contribution in [0.3, 0.4) is 0 Å². The fourth-order valence-electron chi connectivity index (χ4n) is 2.56. The number of aromatic nitrogens is 4. The highest BCUT2D eigenvalue weighted by Gasteiger charge is 2.17. The first kappa shape index (κ1) is 17.0. The van der Waals surface area contributed by atoms with Gasteiger partial charge in [-0.1, -0.05) is 6.07 Å². The maximum atomic E-state index is 14.3. The molecule has 27 heavy (non-hydrogen) atoms. The summed E-state index contributed by atoms with van der Waals surface area (Å²) >= 11 is 1.23. The largest absolute Gasteiger partial charge is 0.390 e. The lowest BCUT2D eigenvalue weighted by atomic mass is 10.1. The molecular formula is C18H11FN6OS. The molecule has 0 saturated carbocycles. The second-order valence-corrected chi connectivity index (χ2v) is 6.48. The molecule has 4 rings (SSSR count). The molecular weight excluding hydrogens is 367 g/mol. The minimum Gasteiger partial charge on any atom is -0.390 e. The molecule has 4 aromatic rings. The van der Waals surface area contributed by atoms with Crippen LogP contribution in [0, 0.1) is 17.1 Å². The monoisotopic (exact) mass is 378 g/mol. The number of thiazole rings is 1. The van der Waals surface area contributed by atoms with Crippen molar-refractivity contribution in [1.82, 2.24) is 19.9 Å². The number of nitriles is 1. The Morgan fingerprint density at radius 3 is 2.93 bits per heavy atom. The molecule has 0 atom stereocenters. The van der Waals surface area contributed by atoms with Crippen molar-refractivity contribution in [3.8, 4) is 16.6 Å². The van der Waals surface area contributed by atoms with Crippen LogP contribution in [0.5, 0.6) is 0 Å². The first-order valence-corrected chi connectivity index (χ1v) is 8.64. The standard InChI is InChI=1S/C18H11FN6OS/c19-12-3-1-2-10(7-20)15(12)18-24-13-4-5-21-17(16(13)27-18)25-14-6-11(8-26)22-9-23-14/h1-6,9,26H,8H2,(H,21,22,23,25). The molecule has 0 aliphatic carbocycles. The summed E-state index contributed by atoms with van der Waals surface area (Å²) in [7, 11) is 0. The maximum absolute atomic E-state index is 14.3. The van der Waals surface area contributed by atoms with Crippen molar-refractivity contribution in [2.24, 2.45) is 0 Å². The lowest BCUT2D eigenvalue weighted by Gasteiger charge is -2.05. The molecule has 0 aliphatic heterocycles. The summed E-state index contributed by atoms with van der Waals surface area (Å²) in [5.41, 5.74) is 1.49. The number of aliphatic hydroxyl groups is 1. The predicted molar refractivity (Wildman–Crippen MR) is 98.8 cm³/mol. The molecule has 0 amide bonds. The molecule has 0 spiro atoms. The molecule has 7 nitrogen and oxygen atoms in total. The summed E-state index contributed by atoms with van der Waals surface area (Å²) < 4.78 is 15.0. The predicted octanol–water partition coefficient (Wildman–Crippen LogP) is 3.39. The number of anilines is 2. The second-order valence-electron chi connectivity index (χ2n) is 5.48. The molecule has 2 N–H and O–H groups in total. The minimum atomic E-state index is -0.501. The van der Waals surface area contributed by atoms with E-state index in [0.29, 0.717) is 32.6 Å². The average molecular weight is 378 g/mol. The number of rotatable bonds is 4. The van der Waals surface area contributed by atoms with E-state index in [0.717, 1.165) is 0 Å². The van der Waals surface area contributed by atoms with E-state index in [-0.39, 0.29) is 17.7 Å². The van der Waals surface area contributed by atoms with Crippen LogP contribution in [0.25, 0.3) is 20.8 Å². The van der Waals surface area contributed by atoms with E-state index in [9.17, 15) is 14.8 Å². The van der Waals surface area contributed by atoms with Gasteiger partial charge < -0.3 is 10.4 Å². The fourth-order valence-corrected chi connectivity index (χ4v) is 3.63. The van der Waals surface area contributed by atoms with Crippen molar-refractivity contribution >= 4 is 33.2 Å². The quantitative estimate of drug-likeness (QED) is 0.560. The molecule has 0 fully saturated rings. The third-order valence-electron chi connectivity index (χ3n) is 3.78. The number of nitrogens with one attached hydrogen (secondary N) is 1. The van der Waals surface area contributed by atoms with Gasteiger partial charge in [0.05, 0.1) is 39.7 Å². The fraction of sp³-hybridized carbons (Fsp3) is 0.0556. The van der Waals surface area contributed by atoms with E-state index in [1.165, 1.54) is 29.8 Å². The Morgan fingerprint density at radius 1 is 1.22 bits per heavy atom. The lowest BCUT2D eigenvalue weighted by Crippen LogP contribution is -1.99. The Hall–Kier alpha value is -3.48. The van der Waals surface area contributed by atoms with Gasteiger partial charge in [-0.3, -0.25) is 0 Å². The zero-order chi connectivity index (χ0) is 18.8. The number of pyridine rings is 1. The van der Waals surface area contributed by atoms with Crippen LogP contribution in [0.4, 0.5) is 16.0 Å². The molecule has 0 radical (unpaired) electrons. The molecule has 9 heteroatoms. The summed E-state index contributed by atoms with van der Waals surface area (Å²) in [6.45, 7) is -0.205. The Morgan fingerprint density at radius 2 is 2.11 bits per heavy atom. The lowest BCUT2D eigenvalue weighted by molar-refractivity contribution is 0.276. The van der Waals surface area contributed by atoms with Gasteiger partial charge in [-0.25, -0.2) is 24.3 Å². The molecule has 0 bridgehead atoms. The van der Waals surface area contributed by atoms with E-state index in [1.54, 1.807) is 24.4 Å². The SMILES string of the molecule is N#Cc1cccc(F)c1-c1nc2ccnc(Nc3cc(CO)ncn3)c2s1. The number of halogens is 1. The van der Waals surface area contributed by atoms with Gasteiger partial charge >= 0.3 is 0 Å². The summed E-state index contributed by atoms with van der Waals surface area (Å²) in [6.07, 6.45) is 2.92. The van der Waals surface area contributed by atoms with E-state index in [4.69, 9.17) is 0 Å². The Labute approximate surface area is 156 Å². The number of nitrogens with zero attached hydrogens (tertiary/aromatic N) is 5. The second kappa shape index (κ2) is 7.03. The topological polar surface area (TPSA) is 108 Å². The summed E-state index contributed by atoms with van der Waals surface area (Å²) in [6, 6.07) is 9.67. The molecule has 3 aromatic heterocycles. The molecule has 0 saturated heterocycles. The molecule has 3 heterocycles. The van der Waals surface area contributed by atoms with Gasteiger partial charge in [0.15, 0.2) is 5.82 Å². The molecule has 0 aliphatic rings. The van der Waals surface area contributed by atoms with Gasteiger partial charge in [-0.2, -0.15) is 5.26 Å². The zero-order valence-electron chi connectivity index (χ0n) is 13.7. The van der Waals surface area contributed by atoms with E-state index < -0.39 is 5.82 Å². The summed E-state index contributed by atoms with van der Waals surface area (Å²) in [5, 5.41) is 21.9. The number of fused-ring (bicyclic) bond motifs is 1. The van der Waals surface area contributed by atoms with Crippen LogP contribution >= 0.6 is 11.3 Å². The van der Waals surface area contributed by atoms with Crippen LogP contribution in [0.15, 0.2) is 42.9 Å². The highest BCUT2D eigenvalue weighted by Crippen LogP contribution is 2.36. The van der Waals surface area contributed by atoms with Crippen molar-refractivity contribution in [2.45, 2.75) is 6.61 Å². The Bertz CT molecular complexity index is 1190. The number of hydrogen-bond donors (Lipinski definition) is 2. The van der Waals surface area contributed by atoms with Gasteiger partial charge in [-0.15, -0.1) is 11.3 Å². The van der Waals surface area contributed by atoms with E-state index in [2.05, 4.69) is 25.3 Å². The number of aliphatic hydroxyl groups excluding tert-OH is 1. The van der Waals surface area contributed by atoms with Crippen LogP contribution in [-0.4, -0.2) is 25.0 Å². The average Bonchev–Trinajstić information content (AvgIpc) is 3.12. The Balaban J connectivity index is 1.81. The van der Waals surface area contributed by atoms with Crippen molar-refractivity contribution in [1.29, 1.82) is 5.26 Å². The minimum absolute atomic E-state index is 0.178. The normalized spacial score (nSPS) is 10.7. The number of benzene rings is 1. The van der Waals surface area contributed by atoms with Crippen LogP contribution in [-0.2, 0) is 6.61 Å². The van der Waals surface area contributed by atoms with Crippen LogP contribution < -0.4 is 5.32 Å². The van der Waals surface area contributed by atoms with Gasteiger partial charge in [0.1, 0.15) is 23.0 Å². The molecule has 132 valence electrons. The Kier molecular flexibility index (Phi) is 4.42. The molecule has 1 aromatic carbocycles. The highest BCUT2D eigenvalue weighted by molar-refractivity contribution is 7.22. The molecule has 0 unspecified atom stereocenters.